The van der Waals surface area contributed by atoms with Gasteiger partial charge in [0.2, 0.25) is 0 Å². The van der Waals surface area contributed by atoms with Crippen molar-refractivity contribution in [2.24, 2.45) is 0 Å². The molecule has 33 heavy (non-hydrogen) atoms. The van der Waals surface area contributed by atoms with Gasteiger partial charge in [0, 0.05) is 30.2 Å². The van der Waals surface area contributed by atoms with Crippen molar-refractivity contribution in [3.63, 3.8) is 0 Å². The lowest BCUT2D eigenvalue weighted by Gasteiger charge is -2.39. The van der Waals surface area contributed by atoms with Gasteiger partial charge in [-0.1, -0.05) is 24.3 Å². The number of benzene rings is 2. The highest BCUT2D eigenvalue weighted by Crippen LogP contribution is 2.61. The van der Waals surface area contributed by atoms with Crippen LogP contribution in [0.5, 0.6) is 5.75 Å². The van der Waals surface area contributed by atoms with Crippen LogP contribution in [-0.2, 0) is 21.4 Å². The molecule has 1 spiro atoms. The number of nitrogens with zero attached hydrogens (tertiary/aromatic N) is 2. The summed E-state index contributed by atoms with van der Waals surface area (Å²) in [6, 6.07) is 16.9. The Balaban J connectivity index is 1.72. The van der Waals surface area contributed by atoms with Crippen molar-refractivity contribution >= 4 is 23.1 Å². The maximum Gasteiger partial charge on any atom is 0.153 e. The molecule has 1 fully saturated rings. The second-order valence-electron chi connectivity index (χ2n) is 8.77. The number of aryl methyl sites for hydroxylation is 1. The monoisotopic (exact) mass is 456 g/mol. The van der Waals surface area contributed by atoms with Gasteiger partial charge in [0.25, 0.3) is 0 Å². The van der Waals surface area contributed by atoms with E-state index in [-0.39, 0.29) is 5.78 Å². The molecule has 1 atom stereocenters. The van der Waals surface area contributed by atoms with Gasteiger partial charge in [-0.3, -0.25) is 4.79 Å². The lowest BCUT2D eigenvalue weighted by molar-refractivity contribution is -0.122. The van der Waals surface area contributed by atoms with Crippen molar-refractivity contribution in [2.45, 2.75) is 23.2 Å². The van der Waals surface area contributed by atoms with E-state index in [0.717, 1.165) is 52.4 Å². The molecule has 6 rings (SSSR count). The minimum atomic E-state index is -1.09. The van der Waals surface area contributed by atoms with Gasteiger partial charge in [0.1, 0.15) is 11.2 Å². The standard InChI is InChI=1S/C27H24N2O3S/c1-31-18-8-6-17-7-9-24(30)27(21(17)14-18)22(15-28)26(29-10-12-32-13-11-29)20-16-33-23-5-3-2-4-19(23)25(20)27/h2-6,8,14H,7,9-13,16H2,1H3/t27-/m1/s1. The van der Waals surface area contributed by atoms with Crippen molar-refractivity contribution in [2.75, 3.05) is 39.2 Å². The van der Waals surface area contributed by atoms with Gasteiger partial charge >= 0.3 is 0 Å². The number of carbonyl (C=O) groups excluding carboxylic acids is 1. The summed E-state index contributed by atoms with van der Waals surface area (Å²) in [5.74, 6) is 1.57. The number of methoxy groups -OCH3 is 1. The Labute approximate surface area is 197 Å². The van der Waals surface area contributed by atoms with Crippen LogP contribution in [0.15, 0.2) is 64.2 Å². The fourth-order valence-electron chi connectivity index (χ4n) is 5.91. The summed E-state index contributed by atoms with van der Waals surface area (Å²) in [5, 5.41) is 10.7. The molecule has 1 saturated heterocycles. The van der Waals surface area contributed by atoms with Crippen LogP contribution in [0.1, 0.15) is 23.1 Å². The minimum Gasteiger partial charge on any atom is -0.497 e. The van der Waals surface area contributed by atoms with E-state index in [9.17, 15) is 10.1 Å². The molecule has 2 aromatic carbocycles. The van der Waals surface area contributed by atoms with E-state index < -0.39 is 5.41 Å². The first-order valence-corrected chi connectivity index (χ1v) is 12.3. The topological polar surface area (TPSA) is 62.6 Å². The first-order valence-electron chi connectivity index (χ1n) is 11.3. The Kier molecular flexibility index (Phi) is 4.86. The van der Waals surface area contributed by atoms with Gasteiger partial charge in [-0.2, -0.15) is 5.26 Å². The van der Waals surface area contributed by atoms with Gasteiger partial charge in [-0.25, -0.2) is 0 Å². The summed E-state index contributed by atoms with van der Waals surface area (Å²) in [6.07, 6.45) is 1.11. The molecule has 2 heterocycles. The molecule has 166 valence electrons. The molecule has 0 saturated carbocycles. The number of allylic oxidation sites excluding steroid dienone is 3. The van der Waals surface area contributed by atoms with Crippen LogP contribution in [0.2, 0.25) is 0 Å². The van der Waals surface area contributed by atoms with Gasteiger partial charge in [0.05, 0.1) is 37.7 Å². The molecular formula is C27H24N2O3S. The number of morpholine rings is 1. The predicted octanol–water partition coefficient (Wildman–Crippen LogP) is 4.13. The van der Waals surface area contributed by atoms with Crippen LogP contribution >= 0.6 is 11.8 Å². The molecule has 4 aliphatic rings. The van der Waals surface area contributed by atoms with Gasteiger partial charge in [0.15, 0.2) is 5.78 Å². The molecule has 0 radical (unpaired) electrons. The summed E-state index contributed by atoms with van der Waals surface area (Å²) >= 11 is 1.79. The van der Waals surface area contributed by atoms with E-state index in [1.807, 2.05) is 24.3 Å². The number of ether oxygens (including phenoxy) is 2. The maximum absolute atomic E-state index is 14.1. The Morgan fingerprint density at radius 1 is 1.15 bits per heavy atom. The second kappa shape index (κ2) is 7.79. The molecule has 0 N–H and O–H groups in total. The average molecular weight is 457 g/mol. The van der Waals surface area contributed by atoms with E-state index in [1.165, 1.54) is 4.90 Å². The van der Waals surface area contributed by atoms with Crippen LogP contribution in [0.3, 0.4) is 0 Å². The summed E-state index contributed by atoms with van der Waals surface area (Å²) in [5.41, 5.74) is 5.67. The summed E-state index contributed by atoms with van der Waals surface area (Å²) in [7, 11) is 1.64. The number of thioether (sulfide) groups is 1. The molecular weight excluding hydrogens is 432 g/mol. The summed E-state index contributed by atoms with van der Waals surface area (Å²) in [6.45, 7) is 2.69. The Bertz CT molecular complexity index is 1280. The summed E-state index contributed by atoms with van der Waals surface area (Å²) in [4.78, 5) is 17.6. The highest BCUT2D eigenvalue weighted by atomic mass is 32.2. The third-order valence-electron chi connectivity index (χ3n) is 7.30. The number of hydrogen-bond donors (Lipinski definition) is 0. The van der Waals surface area contributed by atoms with Crippen LogP contribution in [0, 0.1) is 11.3 Å². The van der Waals surface area contributed by atoms with Crippen molar-refractivity contribution in [3.05, 3.63) is 76.0 Å². The van der Waals surface area contributed by atoms with E-state index in [0.29, 0.717) is 37.4 Å². The Hall–Kier alpha value is -3.01. The van der Waals surface area contributed by atoms with E-state index in [2.05, 4.69) is 29.2 Å². The normalized spacial score (nSPS) is 23.9. The lowest BCUT2D eigenvalue weighted by Crippen LogP contribution is -2.42. The van der Waals surface area contributed by atoms with E-state index in [4.69, 9.17) is 9.47 Å². The molecule has 2 aliphatic heterocycles. The predicted molar refractivity (Wildman–Crippen MR) is 127 cm³/mol. The van der Waals surface area contributed by atoms with Gasteiger partial charge in [-0.15, -0.1) is 11.8 Å². The van der Waals surface area contributed by atoms with Crippen LogP contribution in [-0.4, -0.2) is 49.8 Å². The van der Waals surface area contributed by atoms with Crippen molar-refractivity contribution < 1.29 is 14.3 Å². The van der Waals surface area contributed by atoms with E-state index in [1.54, 1.807) is 18.9 Å². The van der Waals surface area contributed by atoms with Crippen molar-refractivity contribution in [1.82, 2.24) is 4.90 Å². The number of ketones is 1. The fraction of sp³-hybridized carbons (Fsp3) is 0.333. The Morgan fingerprint density at radius 2 is 1.97 bits per heavy atom. The fourth-order valence-corrected chi connectivity index (χ4v) is 6.99. The number of Topliss-reactive ketones (excluding diaryl/α,β-unsaturated/α-hetero) is 1. The van der Waals surface area contributed by atoms with Gasteiger partial charge in [-0.05, 0) is 52.5 Å². The smallest absolute Gasteiger partial charge is 0.153 e. The molecule has 2 aliphatic carbocycles. The number of carbonyl (C=O) groups is 1. The highest BCUT2D eigenvalue weighted by Gasteiger charge is 2.58. The number of fused-ring (bicyclic) bond motifs is 5. The van der Waals surface area contributed by atoms with E-state index >= 15 is 0 Å². The third kappa shape index (κ3) is 2.79. The number of nitriles is 1. The highest BCUT2D eigenvalue weighted by molar-refractivity contribution is 7.99. The van der Waals surface area contributed by atoms with Crippen molar-refractivity contribution in [3.8, 4) is 11.8 Å². The first kappa shape index (κ1) is 20.6. The van der Waals surface area contributed by atoms with Crippen LogP contribution < -0.4 is 4.74 Å². The first-order chi connectivity index (χ1) is 16.2. The van der Waals surface area contributed by atoms with Crippen LogP contribution in [0.4, 0.5) is 0 Å². The van der Waals surface area contributed by atoms with Crippen molar-refractivity contribution in [1.29, 1.82) is 5.26 Å². The molecule has 0 aromatic heterocycles. The number of rotatable bonds is 2. The zero-order chi connectivity index (χ0) is 22.6. The average Bonchev–Trinajstić information content (AvgIpc) is 3.18. The molecule has 0 bridgehead atoms. The quantitative estimate of drug-likeness (QED) is 0.677. The molecule has 2 aromatic rings. The molecule has 6 heteroatoms. The summed E-state index contributed by atoms with van der Waals surface area (Å²) < 4.78 is 11.2. The zero-order valence-electron chi connectivity index (χ0n) is 18.5. The molecule has 0 unspecified atom stereocenters. The lowest BCUT2D eigenvalue weighted by atomic mass is 9.61. The SMILES string of the molecule is COc1ccc2c(c1)[C@]1(C(=O)CC2)C(C#N)=C(N2CCOCC2)C2=C1c1ccccc1SC2. The largest absolute Gasteiger partial charge is 0.497 e. The molecule has 0 amide bonds. The third-order valence-corrected chi connectivity index (χ3v) is 8.40. The minimum absolute atomic E-state index is 0.109. The zero-order valence-corrected chi connectivity index (χ0v) is 19.3. The Morgan fingerprint density at radius 3 is 2.76 bits per heavy atom. The second-order valence-corrected chi connectivity index (χ2v) is 9.79. The van der Waals surface area contributed by atoms with Gasteiger partial charge < -0.3 is 14.4 Å². The maximum atomic E-state index is 14.1. The number of hydrogen-bond acceptors (Lipinski definition) is 6. The van der Waals surface area contributed by atoms with Crippen LogP contribution in [0.25, 0.3) is 5.57 Å². The molecule has 5 nitrogen and oxygen atoms in total.